The summed E-state index contributed by atoms with van der Waals surface area (Å²) in [5.74, 6) is -0.709. The second-order valence-corrected chi connectivity index (χ2v) is 20.0. The number of hydrogen-bond donors (Lipinski definition) is 8. The average Bonchev–Trinajstić information content (AvgIpc) is 3.32. The largest absolute Gasteiger partial charge is 0.394 e. The van der Waals surface area contributed by atoms with E-state index >= 15 is 0 Å². The Labute approximate surface area is 404 Å². The van der Waals surface area contributed by atoms with Crippen molar-refractivity contribution >= 4 is 5.91 Å². The molecule has 1 fully saturated rings. The zero-order valence-corrected chi connectivity index (χ0v) is 42.7. The van der Waals surface area contributed by atoms with Crippen molar-refractivity contribution in [2.24, 2.45) is 0 Å². The number of carbonyl (C=O) groups is 1. The minimum Gasteiger partial charge on any atom is -0.394 e. The predicted molar refractivity (Wildman–Crippen MR) is 270 cm³/mol. The van der Waals surface area contributed by atoms with Crippen LogP contribution < -0.4 is 5.32 Å². The van der Waals surface area contributed by atoms with Gasteiger partial charge in [-0.15, -0.1) is 0 Å². The van der Waals surface area contributed by atoms with Crippen molar-refractivity contribution in [3.63, 3.8) is 0 Å². The van der Waals surface area contributed by atoms with E-state index in [4.69, 9.17) is 9.47 Å². The van der Waals surface area contributed by atoms with Gasteiger partial charge in [0.05, 0.1) is 25.4 Å². The molecular formula is C55H107NO10. The SMILES string of the molecule is CCCC/C=C\CCCCCC(O)C(=O)NC(COC1OC(CO)C(O)C(O)C1O)C(O)C(O)CCCCCCCCCCCCCCCCCCCCCCCCCCCCCCCC. The quantitative estimate of drug-likeness (QED) is 0.0215. The molecule has 11 nitrogen and oxygen atoms in total. The summed E-state index contributed by atoms with van der Waals surface area (Å²) in [6.07, 6.45) is 40.3. The van der Waals surface area contributed by atoms with E-state index in [1.165, 1.54) is 180 Å². The Hall–Kier alpha value is -1.15. The van der Waals surface area contributed by atoms with Crippen molar-refractivity contribution in [2.75, 3.05) is 13.2 Å². The van der Waals surface area contributed by atoms with Crippen LogP contribution in [0.1, 0.15) is 264 Å². The van der Waals surface area contributed by atoms with E-state index in [0.29, 0.717) is 19.3 Å². The molecule has 0 aromatic carbocycles. The lowest BCUT2D eigenvalue weighted by Crippen LogP contribution is -2.60. The first-order valence-corrected chi connectivity index (χ1v) is 28.1. The number of hydrogen-bond acceptors (Lipinski definition) is 10. The molecule has 0 aliphatic carbocycles. The van der Waals surface area contributed by atoms with Gasteiger partial charge in [0, 0.05) is 0 Å². The molecule has 0 radical (unpaired) electrons. The zero-order chi connectivity index (χ0) is 48.3. The van der Waals surface area contributed by atoms with Crippen LogP contribution in [-0.4, -0.2) is 110 Å². The summed E-state index contributed by atoms with van der Waals surface area (Å²) in [6, 6.07) is -1.17. The van der Waals surface area contributed by atoms with Crippen molar-refractivity contribution < 1.29 is 50.0 Å². The smallest absolute Gasteiger partial charge is 0.249 e. The number of nitrogens with one attached hydrogen (secondary N) is 1. The number of aliphatic hydroxyl groups excluding tert-OH is 7. The first-order chi connectivity index (χ1) is 32.2. The number of aliphatic hydroxyl groups is 7. The molecule has 1 aliphatic heterocycles. The van der Waals surface area contributed by atoms with Crippen molar-refractivity contribution in [1.82, 2.24) is 5.32 Å². The molecule has 0 spiro atoms. The molecule has 392 valence electrons. The summed E-state index contributed by atoms with van der Waals surface area (Å²) >= 11 is 0. The van der Waals surface area contributed by atoms with Gasteiger partial charge < -0.3 is 50.5 Å². The number of rotatable bonds is 48. The number of unbranched alkanes of at least 4 members (excludes halogenated alkanes) is 34. The van der Waals surface area contributed by atoms with Crippen LogP contribution in [0.5, 0.6) is 0 Å². The minimum absolute atomic E-state index is 0.240. The molecule has 11 heteroatoms. The third kappa shape index (κ3) is 33.4. The van der Waals surface area contributed by atoms with Crippen LogP contribution >= 0.6 is 0 Å². The van der Waals surface area contributed by atoms with Gasteiger partial charge in [0.25, 0.3) is 0 Å². The number of carbonyl (C=O) groups excluding carboxylic acids is 1. The van der Waals surface area contributed by atoms with E-state index in [1.807, 2.05) is 0 Å². The van der Waals surface area contributed by atoms with Gasteiger partial charge in [-0.2, -0.15) is 0 Å². The van der Waals surface area contributed by atoms with E-state index in [-0.39, 0.29) is 6.42 Å². The highest BCUT2D eigenvalue weighted by Gasteiger charge is 2.44. The molecule has 0 bridgehead atoms. The number of ether oxygens (including phenoxy) is 2. The van der Waals surface area contributed by atoms with E-state index in [1.54, 1.807) is 0 Å². The highest BCUT2D eigenvalue weighted by Crippen LogP contribution is 2.23. The molecule has 9 unspecified atom stereocenters. The summed E-state index contributed by atoms with van der Waals surface area (Å²) in [5.41, 5.74) is 0. The van der Waals surface area contributed by atoms with Crippen molar-refractivity contribution in [1.29, 1.82) is 0 Å². The van der Waals surface area contributed by atoms with Gasteiger partial charge in [-0.25, -0.2) is 0 Å². The molecule has 0 aromatic heterocycles. The Balaban J connectivity index is 2.18. The van der Waals surface area contributed by atoms with Gasteiger partial charge in [0.1, 0.15) is 36.6 Å². The summed E-state index contributed by atoms with van der Waals surface area (Å²) in [6.45, 7) is 3.40. The first kappa shape index (κ1) is 62.9. The van der Waals surface area contributed by atoms with Crippen LogP contribution in [0.15, 0.2) is 12.2 Å². The van der Waals surface area contributed by atoms with E-state index in [2.05, 4.69) is 31.3 Å². The summed E-state index contributed by atoms with van der Waals surface area (Å²) in [4.78, 5) is 13.0. The van der Waals surface area contributed by atoms with Gasteiger partial charge in [-0.1, -0.05) is 244 Å². The minimum atomic E-state index is -1.66. The topological polar surface area (TPSA) is 189 Å². The fourth-order valence-corrected chi connectivity index (χ4v) is 9.19. The van der Waals surface area contributed by atoms with Crippen LogP contribution in [-0.2, 0) is 14.3 Å². The maximum atomic E-state index is 13.0. The molecule has 1 rings (SSSR count). The average molecular weight is 942 g/mol. The zero-order valence-electron chi connectivity index (χ0n) is 42.7. The molecule has 0 aromatic rings. The summed E-state index contributed by atoms with van der Waals surface area (Å²) < 4.78 is 11.1. The molecule has 0 saturated carbocycles. The summed E-state index contributed by atoms with van der Waals surface area (Å²) in [5, 5.41) is 75.7. The van der Waals surface area contributed by atoms with Crippen LogP contribution in [0.3, 0.4) is 0 Å². The monoisotopic (exact) mass is 942 g/mol. The van der Waals surface area contributed by atoms with E-state index in [9.17, 15) is 40.5 Å². The first-order valence-electron chi connectivity index (χ1n) is 28.1. The molecule has 1 saturated heterocycles. The molecular weight excluding hydrogens is 835 g/mol. The highest BCUT2D eigenvalue weighted by molar-refractivity contribution is 5.80. The molecule has 8 N–H and O–H groups in total. The normalized spacial score (nSPS) is 20.8. The molecule has 9 atom stereocenters. The third-order valence-electron chi connectivity index (χ3n) is 13.8. The third-order valence-corrected chi connectivity index (χ3v) is 13.8. The van der Waals surface area contributed by atoms with E-state index < -0.39 is 74.2 Å². The van der Waals surface area contributed by atoms with Gasteiger partial charge in [-0.05, 0) is 32.1 Å². The number of allylic oxidation sites excluding steroid dienone is 2. The van der Waals surface area contributed by atoms with Gasteiger partial charge in [0.2, 0.25) is 5.91 Å². The van der Waals surface area contributed by atoms with Gasteiger partial charge in [0.15, 0.2) is 6.29 Å². The lowest BCUT2D eigenvalue weighted by atomic mass is 9.98. The predicted octanol–water partition coefficient (Wildman–Crippen LogP) is 11.2. The van der Waals surface area contributed by atoms with Crippen molar-refractivity contribution in [3.8, 4) is 0 Å². The summed E-state index contributed by atoms with van der Waals surface area (Å²) in [7, 11) is 0. The van der Waals surface area contributed by atoms with Crippen molar-refractivity contribution in [2.45, 2.75) is 319 Å². The molecule has 1 aliphatic rings. The molecule has 1 heterocycles. The Morgan fingerprint density at radius 1 is 0.515 bits per heavy atom. The lowest BCUT2D eigenvalue weighted by Gasteiger charge is -2.40. The lowest BCUT2D eigenvalue weighted by molar-refractivity contribution is -0.303. The molecule has 66 heavy (non-hydrogen) atoms. The second kappa shape index (κ2) is 45.0. The van der Waals surface area contributed by atoms with Gasteiger partial charge in [-0.3, -0.25) is 4.79 Å². The van der Waals surface area contributed by atoms with Crippen LogP contribution in [0.4, 0.5) is 0 Å². The Bertz CT molecular complexity index is 1080. The Kier molecular flexibility index (Phi) is 42.9. The Morgan fingerprint density at radius 3 is 1.32 bits per heavy atom. The maximum absolute atomic E-state index is 13.0. The second-order valence-electron chi connectivity index (χ2n) is 20.0. The van der Waals surface area contributed by atoms with Crippen LogP contribution in [0.2, 0.25) is 0 Å². The fourth-order valence-electron chi connectivity index (χ4n) is 9.19. The maximum Gasteiger partial charge on any atom is 0.249 e. The number of amides is 1. The van der Waals surface area contributed by atoms with E-state index in [0.717, 1.165) is 44.9 Å². The fraction of sp³-hybridized carbons (Fsp3) is 0.945. The Morgan fingerprint density at radius 2 is 0.894 bits per heavy atom. The van der Waals surface area contributed by atoms with Crippen LogP contribution in [0, 0.1) is 0 Å². The van der Waals surface area contributed by atoms with Gasteiger partial charge >= 0.3 is 0 Å². The van der Waals surface area contributed by atoms with Crippen molar-refractivity contribution in [3.05, 3.63) is 12.2 Å². The highest BCUT2D eigenvalue weighted by atomic mass is 16.7. The standard InChI is InChI=1S/C55H107NO10/c1-3-5-7-9-11-13-14-15-16-17-18-19-20-21-22-23-24-25-26-27-28-29-30-31-32-33-35-36-38-40-42-47(58)50(60)46(45-65-55-53(63)52(62)51(61)49(44-57)66-55)56-54(64)48(59)43-41-39-37-34-12-10-8-6-4-2/h10,12,46-53,55,57-63H,3-9,11,13-45H2,1-2H3,(H,56,64)/b12-10-. The molecule has 1 amide bonds. The van der Waals surface area contributed by atoms with Crippen LogP contribution in [0.25, 0.3) is 0 Å².